The maximum atomic E-state index is 12.2. The molecule has 1 heterocycles. The smallest absolute Gasteiger partial charge is 0.181 e. The maximum absolute atomic E-state index is 12.2. The SMILES string of the molecule is CCC1=C2CCC3C(CCC4C3CC3CNOC34)C2C=CC1=O. The normalized spacial score (nSPS) is 48.0. The lowest BCUT2D eigenvalue weighted by molar-refractivity contribution is -0.111. The van der Waals surface area contributed by atoms with E-state index < -0.39 is 0 Å². The van der Waals surface area contributed by atoms with Gasteiger partial charge in [0, 0.05) is 18.4 Å². The number of allylic oxidation sites excluding steroid dienone is 4. The number of rotatable bonds is 1. The number of hydrogen-bond donors (Lipinski definition) is 1. The summed E-state index contributed by atoms with van der Waals surface area (Å²) in [6, 6.07) is 0. The Morgan fingerprint density at radius 1 is 1.17 bits per heavy atom. The van der Waals surface area contributed by atoms with Crippen LogP contribution in [0, 0.1) is 35.5 Å². The minimum atomic E-state index is 0.278. The molecule has 3 saturated carbocycles. The van der Waals surface area contributed by atoms with Crippen LogP contribution in [0.3, 0.4) is 0 Å². The molecule has 4 aliphatic carbocycles. The molecule has 0 aromatic carbocycles. The van der Waals surface area contributed by atoms with Gasteiger partial charge in [0.2, 0.25) is 0 Å². The molecule has 5 rings (SSSR count). The Kier molecular flexibility index (Phi) is 3.31. The Morgan fingerprint density at radius 3 is 2.91 bits per heavy atom. The minimum Gasteiger partial charge on any atom is -0.298 e. The highest BCUT2D eigenvalue weighted by Crippen LogP contribution is 2.58. The van der Waals surface area contributed by atoms with Crippen LogP contribution in [-0.2, 0) is 9.63 Å². The van der Waals surface area contributed by atoms with Crippen LogP contribution in [0.4, 0.5) is 0 Å². The molecule has 0 amide bonds. The molecule has 5 aliphatic rings. The van der Waals surface area contributed by atoms with E-state index in [0.717, 1.165) is 54.5 Å². The fourth-order valence-electron chi connectivity index (χ4n) is 6.76. The molecule has 0 aromatic rings. The molecule has 23 heavy (non-hydrogen) atoms. The quantitative estimate of drug-likeness (QED) is 0.806. The molecule has 0 spiro atoms. The fraction of sp³-hybridized carbons (Fsp3) is 0.750. The van der Waals surface area contributed by atoms with E-state index in [-0.39, 0.29) is 5.78 Å². The van der Waals surface area contributed by atoms with Crippen molar-refractivity contribution >= 4 is 5.78 Å². The second-order valence-corrected chi connectivity index (χ2v) is 8.30. The summed E-state index contributed by atoms with van der Waals surface area (Å²) in [5.74, 6) is 4.86. The minimum absolute atomic E-state index is 0.278. The standard InChI is InChI=1S/C20H27NO2/c1-2-12-13-3-4-16-14(15(13)7-8-19(12)22)5-6-17-18(16)9-11-10-21-23-20(11)17/h7-8,11,14-18,20-21H,2-6,9-10H2,1H3. The average Bonchev–Trinajstić information content (AvgIpc) is 3.15. The third-order valence-corrected chi connectivity index (χ3v) is 7.61. The van der Waals surface area contributed by atoms with Gasteiger partial charge in [-0.3, -0.25) is 9.63 Å². The van der Waals surface area contributed by atoms with Crippen LogP contribution in [0.5, 0.6) is 0 Å². The molecule has 1 saturated heterocycles. The number of nitrogens with one attached hydrogen (secondary N) is 1. The zero-order valence-corrected chi connectivity index (χ0v) is 14.0. The zero-order valence-electron chi connectivity index (χ0n) is 14.0. The van der Waals surface area contributed by atoms with Crippen LogP contribution in [0.1, 0.15) is 45.4 Å². The summed E-state index contributed by atoms with van der Waals surface area (Å²) in [4.78, 5) is 18.1. The number of carbonyl (C=O) groups is 1. The molecule has 7 atom stereocenters. The van der Waals surface area contributed by atoms with Gasteiger partial charge in [-0.05, 0) is 73.8 Å². The molecule has 1 aliphatic heterocycles. The van der Waals surface area contributed by atoms with Crippen molar-refractivity contribution in [2.24, 2.45) is 35.5 Å². The van der Waals surface area contributed by atoms with Crippen molar-refractivity contribution in [3.63, 3.8) is 0 Å². The summed E-state index contributed by atoms with van der Waals surface area (Å²) >= 11 is 0. The first-order valence-corrected chi connectivity index (χ1v) is 9.61. The van der Waals surface area contributed by atoms with E-state index >= 15 is 0 Å². The molecule has 1 N–H and O–H groups in total. The first-order valence-electron chi connectivity index (χ1n) is 9.61. The summed E-state index contributed by atoms with van der Waals surface area (Å²) < 4.78 is 0. The Morgan fingerprint density at radius 2 is 2.04 bits per heavy atom. The van der Waals surface area contributed by atoms with Crippen molar-refractivity contribution in [2.75, 3.05) is 6.54 Å². The predicted molar refractivity (Wildman–Crippen MR) is 88.4 cm³/mol. The highest BCUT2D eigenvalue weighted by molar-refractivity contribution is 6.05. The van der Waals surface area contributed by atoms with Crippen molar-refractivity contribution in [1.82, 2.24) is 5.48 Å². The van der Waals surface area contributed by atoms with E-state index in [1.165, 1.54) is 31.3 Å². The van der Waals surface area contributed by atoms with Gasteiger partial charge in [0.05, 0.1) is 6.10 Å². The number of hydroxylamine groups is 1. The zero-order chi connectivity index (χ0) is 15.6. The third-order valence-electron chi connectivity index (χ3n) is 7.61. The van der Waals surface area contributed by atoms with Gasteiger partial charge in [-0.25, -0.2) is 5.48 Å². The molecule has 3 heteroatoms. The second kappa shape index (κ2) is 5.29. The number of carbonyl (C=O) groups excluding carboxylic acids is 1. The molecule has 0 bridgehead atoms. The van der Waals surface area contributed by atoms with Crippen LogP contribution in [0.2, 0.25) is 0 Å². The average molecular weight is 313 g/mol. The Labute approximate surface area is 138 Å². The van der Waals surface area contributed by atoms with Crippen molar-refractivity contribution < 1.29 is 9.63 Å². The summed E-state index contributed by atoms with van der Waals surface area (Å²) in [5, 5.41) is 0. The van der Waals surface area contributed by atoms with Gasteiger partial charge in [0.1, 0.15) is 0 Å². The first kappa shape index (κ1) is 14.4. The molecule has 0 radical (unpaired) electrons. The molecule has 7 unspecified atom stereocenters. The lowest BCUT2D eigenvalue weighted by Gasteiger charge is -2.49. The van der Waals surface area contributed by atoms with E-state index in [0.29, 0.717) is 12.0 Å². The lowest BCUT2D eigenvalue weighted by atomic mass is 9.56. The first-order chi connectivity index (χ1) is 11.3. The molecule has 3 nitrogen and oxygen atoms in total. The summed E-state index contributed by atoms with van der Waals surface area (Å²) in [6.07, 6.45) is 12.0. The summed E-state index contributed by atoms with van der Waals surface area (Å²) in [7, 11) is 0. The highest BCUT2D eigenvalue weighted by atomic mass is 16.7. The largest absolute Gasteiger partial charge is 0.298 e. The van der Waals surface area contributed by atoms with E-state index in [9.17, 15) is 4.79 Å². The van der Waals surface area contributed by atoms with Gasteiger partial charge in [0.15, 0.2) is 5.78 Å². The van der Waals surface area contributed by atoms with Gasteiger partial charge < -0.3 is 0 Å². The van der Waals surface area contributed by atoms with E-state index in [2.05, 4.69) is 18.5 Å². The summed E-state index contributed by atoms with van der Waals surface area (Å²) in [6.45, 7) is 3.19. The van der Waals surface area contributed by atoms with Crippen molar-refractivity contribution in [3.8, 4) is 0 Å². The van der Waals surface area contributed by atoms with E-state index in [1.54, 1.807) is 0 Å². The van der Waals surface area contributed by atoms with Gasteiger partial charge in [0.25, 0.3) is 0 Å². The van der Waals surface area contributed by atoms with Crippen molar-refractivity contribution in [1.29, 1.82) is 0 Å². The fourth-order valence-corrected chi connectivity index (χ4v) is 6.76. The van der Waals surface area contributed by atoms with Gasteiger partial charge in [-0.2, -0.15) is 0 Å². The molecular weight excluding hydrogens is 286 g/mol. The predicted octanol–water partition coefficient (Wildman–Crippen LogP) is 3.42. The van der Waals surface area contributed by atoms with Crippen LogP contribution in [-0.4, -0.2) is 18.4 Å². The lowest BCUT2D eigenvalue weighted by Crippen LogP contribution is -2.42. The van der Waals surface area contributed by atoms with Crippen molar-refractivity contribution in [2.45, 2.75) is 51.6 Å². The number of ketones is 1. The van der Waals surface area contributed by atoms with Gasteiger partial charge >= 0.3 is 0 Å². The van der Waals surface area contributed by atoms with Gasteiger partial charge in [-0.15, -0.1) is 0 Å². The molecule has 0 aromatic heterocycles. The molecule has 124 valence electrons. The Bertz CT molecular complexity index is 592. The van der Waals surface area contributed by atoms with Gasteiger partial charge in [-0.1, -0.05) is 18.6 Å². The highest BCUT2D eigenvalue weighted by Gasteiger charge is 2.55. The third kappa shape index (κ3) is 1.99. The topological polar surface area (TPSA) is 38.3 Å². The number of fused-ring (bicyclic) bond motifs is 7. The van der Waals surface area contributed by atoms with E-state index in [1.807, 2.05) is 6.08 Å². The Balaban J connectivity index is 1.44. The van der Waals surface area contributed by atoms with Crippen LogP contribution >= 0.6 is 0 Å². The van der Waals surface area contributed by atoms with E-state index in [4.69, 9.17) is 4.84 Å². The molecule has 4 fully saturated rings. The van der Waals surface area contributed by atoms with Crippen LogP contribution in [0.15, 0.2) is 23.3 Å². The van der Waals surface area contributed by atoms with Crippen LogP contribution in [0.25, 0.3) is 0 Å². The number of hydrogen-bond acceptors (Lipinski definition) is 3. The van der Waals surface area contributed by atoms with Crippen molar-refractivity contribution in [3.05, 3.63) is 23.3 Å². The Hall–Kier alpha value is -0.930. The maximum Gasteiger partial charge on any atom is 0.181 e. The monoisotopic (exact) mass is 313 g/mol. The van der Waals surface area contributed by atoms with Crippen LogP contribution < -0.4 is 5.48 Å². The summed E-state index contributed by atoms with van der Waals surface area (Å²) in [5.41, 5.74) is 5.77. The molecular formula is C20H27NO2. The second-order valence-electron chi connectivity index (χ2n) is 8.30.